The van der Waals surface area contributed by atoms with Gasteiger partial charge in [0.1, 0.15) is 0 Å². The fourth-order valence-corrected chi connectivity index (χ4v) is 5.73. The quantitative estimate of drug-likeness (QED) is 0.354. The maximum atomic E-state index is 13.1. The van der Waals surface area contributed by atoms with Gasteiger partial charge in [-0.3, -0.25) is 14.6 Å². The summed E-state index contributed by atoms with van der Waals surface area (Å²) in [6, 6.07) is 28.0. The van der Waals surface area contributed by atoms with Crippen LogP contribution < -0.4 is 0 Å². The van der Waals surface area contributed by atoms with Crippen LogP contribution in [-0.2, 0) is 26.1 Å². The van der Waals surface area contributed by atoms with Crippen LogP contribution in [0.15, 0.2) is 78.9 Å². The van der Waals surface area contributed by atoms with E-state index in [1.165, 1.54) is 41.5 Å². The van der Waals surface area contributed by atoms with Gasteiger partial charge in [-0.05, 0) is 86.0 Å². The number of ketones is 1. The SMILES string of the molecule is O=C(CCC1CCN(Cc2ccccc2)CC1)c1ccc2c(c1)CN(Cc1ccccc1)CCC2. The van der Waals surface area contributed by atoms with E-state index < -0.39 is 0 Å². The molecule has 0 N–H and O–H groups in total. The van der Waals surface area contributed by atoms with Gasteiger partial charge in [0.2, 0.25) is 0 Å². The number of fused-ring (bicyclic) bond motifs is 1. The summed E-state index contributed by atoms with van der Waals surface area (Å²) in [5.41, 5.74) is 6.43. The zero-order valence-electron chi connectivity index (χ0n) is 20.9. The van der Waals surface area contributed by atoms with Crippen molar-refractivity contribution in [2.24, 2.45) is 5.92 Å². The summed E-state index contributed by atoms with van der Waals surface area (Å²) >= 11 is 0. The van der Waals surface area contributed by atoms with Crippen LogP contribution >= 0.6 is 0 Å². The zero-order valence-corrected chi connectivity index (χ0v) is 20.9. The lowest BCUT2D eigenvalue weighted by atomic mass is 9.89. The minimum atomic E-state index is 0.318. The Bertz CT molecular complexity index is 1090. The van der Waals surface area contributed by atoms with Crippen molar-refractivity contribution in [3.8, 4) is 0 Å². The van der Waals surface area contributed by atoms with Gasteiger partial charge >= 0.3 is 0 Å². The number of benzene rings is 3. The lowest BCUT2D eigenvalue weighted by Crippen LogP contribution is -2.33. The molecule has 0 spiro atoms. The molecule has 3 aromatic carbocycles. The lowest BCUT2D eigenvalue weighted by Gasteiger charge is -2.32. The number of rotatable bonds is 8. The normalized spacial score (nSPS) is 17.6. The molecule has 2 aliphatic rings. The van der Waals surface area contributed by atoms with Crippen LogP contribution in [0.4, 0.5) is 0 Å². The third-order valence-electron chi connectivity index (χ3n) is 7.83. The molecule has 1 fully saturated rings. The molecule has 2 heterocycles. The van der Waals surface area contributed by atoms with E-state index >= 15 is 0 Å². The van der Waals surface area contributed by atoms with Crippen LogP contribution in [0.3, 0.4) is 0 Å². The summed E-state index contributed by atoms with van der Waals surface area (Å²) in [6.07, 6.45) is 6.40. The highest BCUT2D eigenvalue weighted by Gasteiger charge is 2.21. The molecule has 0 radical (unpaired) electrons. The Morgan fingerprint density at radius 3 is 2.09 bits per heavy atom. The van der Waals surface area contributed by atoms with Gasteiger partial charge in [-0.15, -0.1) is 0 Å². The number of Topliss-reactive ketones (excluding diaryl/α,β-unsaturated/α-hetero) is 1. The summed E-state index contributed by atoms with van der Waals surface area (Å²) in [5.74, 6) is 0.992. The molecular formula is C32H38N2O. The maximum absolute atomic E-state index is 13.1. The van der Waals surface area contributed by atoms with Gasteiger partial charge in [0.05, 0.1) is 0 Å². The van der Waals surface area contributed by atoms with Crippen LogP contribution in [0.5, 0.6) is 0 Å². The first-order valence-electron chi connectivity index (χ1n) is 13.4. The molecule has 0 aromatic heterocycles. The lowest BCUT2D eigenvalue weighted by molar-refractivity contribution is 0.0961. The first-order chi connectivity index (χ1) is 17.2. The summed E-state index contributed by atoms with van der Waals surface area (Å²) in [7, 11) is 0. The van der Waals surface area contributed by atoms with E-state index in [1.807, 2.05) is 0 Å². The summed E-state index contributed by atoms with van der Waals surface area (Å²) < 4.78 is 0. The molecule has 182 valence electrons. The summed E-state index contributed by atoms with van der Waals surface area (Å²) in [5, 5.41) is 0. The number of piperidine rings is 1. The third kappa shape index (κ3) is 6.68. The molecule has 0 saturated carbocycles. The fourth-order valence-electron chi connectivity index (χ4n) is 5.73. The Kier molecular flexibility index (Phi) is 8.07. The predicted molar refractivity (Wildman–Crippen MR) is 143 cm³/mol. The van der Waals surface area contributed by atoms with Crippen LogP contribution in [0.1, 0.15) is 64.7 Å². The second-order valence-corrected chi connectivity index (χ2v) is 10.5. The van der Waals surface area contributed by atoms with Gasteiger partial charge in [-0.1, -0.05) is 72.8 Å². The van der Waals surface area contributed by atoms with Gasteiger partial charge < -0.3 is 0 Å². The van der Waals surface area contributed by atoms with Crippen molar-refractivity contribution in [2.75, 3.05) is 19.6 Å². The number of nitrogens with zero attached hydrogens (tertiary/aromatic N) is 2. The predicted octanol–water partition coefficient (Wildman–Crippen LogP) is 6.51. The minimum absolute atomic E-state index is 0.318. The van der Waals surface area contributed by atoms with E-state index in [2.05, 4.69) is 88.7 Å². The summed E-state index contributed by atoms with van der Waals surface area (Å²) in [4.78, 5) is 18.2. The average molecular weight is 467 g/mol. The largest absolute Gasteiger partial charge is 0.299 e. The van der Waals surface area contributed by atoms with E-state index in [-0.39, 0.29) is 0 Å². The topological polar surface area (TPSA) is 23.6 Å². The van der Waals surface area contributed by atoms with Crippen molar-refractivity contribution in [3.63, 3.8) is 0 Å². The standard InChI is InChI=1S/C32H38N2O/c35-32(16-13-26-17-20-33(21-18-26)23-27-8-3-1-4-9-27)30-15-14-29-12-7-19-34(25-31(29)22-30)24-28-10-5-2-6-11-28/h1-6,8-11,14-15,22,26H,7,12-13,16-21,23-25H2. The monoisotopic (exact) mass is 466 g/mol. The van der Waals surface area contributed by atoms with Crippen LogP contribution in [-0.4, -0.2) is 35.2 Å². The minimum Gasteiger partial charge on any atom is -0.299 e. The van der Waals surface area contributed by atoms with Crippen molar-refractivity contribution in [1.29, 1.82) is 0 Å². The van der Waals surface area contributed by atoms with E-state index in [4.69, 9.17) is 0 Å². The number of carbonyl (C=O) groups excluding carboxylic acids is 1. The average Bonchev–Trinajstić information content (AvgIpc) is 3.10. The smallest absolute Gasteiger partial charge is 0.162 e. The van der Waals surface area contributed by atoms with Crippen LogP contribution in [0.2, 0.25) is 0 Å². The van der Waals surface area contributed by atoms with Gasteiger partial charge in [0.25, 0.3) is 0 Å². The van der Waals surface area contributed by atoms with Crippen molar-refractivity contribution in [1.82, 2.24) is 9.80 Å². The zero-order chi connectivity index (χ0) is 23.9. The molecule has 2 aliphatic heterocycles. The first-order valence-corrected chi connectivity index (χ1v) is 13.4. The number of hydrogen-bond acceptors (Lipinski definition) is 3. The molecular weight excluding hydrogens is 428 g/mol. The Balaban J connectivity index is 1.12. The Morgan fingerprint density at radius 1 is 0.743 bits per heavy atom. The van der Waals surface area contributed by atoms with Crippen molar-refractivity contribution < 1.29 is 4.79 Å². The molecule has 0 amide bonds. The third-order valence-corrected chi connectivity index (χ3v) is 7.83. The Morgan fingerprint density at radius 2 is 1.40 bits per heavy atom. The van der Waals surface area contributed by atoms with Gasteiger partial charge in [0, 0.05) is 31.6 Å². The molecule has 35 heavy (non-hydrogen) atoms. The van der Waals surface area contributed by atoms with Gasteiger partial charge in [-0.25, -0.2) is 0 Å². The first kappa shape index (κ1) is 24.0. The molecule has 1 saturated heterocycles. The van der Waals surface area contributed by atoms with Gasteiger partial charge in [-0.2, -0.15) is 0 Å². The number of aryl methyl sites for hydroxylation is 1. The number of hydrogen-bond donors (Lipinski definition) is 0. The van der Waals surface area contributed by atoms with Crippen molar-refractivity contribution >= 4 is 5.78 Å². The van der Waals surface area contributed by atoms with E-state index in [1.54, 1.807) is 0 Å². The molecule has 3 aromatic rings. The van der Waals surface area contributed by atoms with Crippen molar-refractivity contribution in [2.45, 2.75) is 58.2 Å². The highest BCUT2D eigenvalue weighted by Crippen LogP contribution is 2.26. The van der Waals surface area contributed by atoms with Crippen molar-refractivity contribution in [3.05, 3.63) is 107 Å². The molecule has 3 nitrogen and oxygen atoms in total. The second-order valence-electron chi connectivity index (χ2n) is 10.5. The molecule has 0 bridgehead atoms. The molecule has 0 unspecified atom stereocenters. The molecule has 5 rings (SSSR count). The highest BCUT2D eigenvalue weighted by atomic mass is 16.1. The number of carbonyl (C=O) groups is 1. The van der Waals surface area contributed by atoms with Crippen LogP contribution in [0.25, 0.3) is 0 Å². The van der Waals surface area contributed by atoms with E-state index in [0.29, 0.717) is 18.1 Å². The molecule has 0 atom stereocenters. The van der Waals surface area contributed by atoms with Crippen LogP contribution in [0, 0.1) is 5.92 Å². The maximum Gasteiger partial charge on any atom is 0.162 e. The second kappa shape index (κ2) is 11.8. The van der Waals surface area contributed by atoms with E-state index in [9.17, 15) is 4.79 Å². The molecule has 0 aliphatic carbocycles. The van der Waals surface area contributed by atoms with Gasteiger partial charge in [0.15, 0.2) is 5.78 Å². The summed E-state index contributed by atoms with van der Waals surface area (Å²) in [6.45, 7) is 6.35. The molecule has 3 heteroatoms. The fraction of sp³-hybridized carbons (Fsp3) is 0.406. The Hall–Kier alpha value is -2.75. The highest BCUT2D eigenvalue weighted by molar-refractivity contribution is 5.96. The van der Waals surface area contributed by atoms with E-state index in [0.717, 1.165) is 57.7 Å². The Labute approximate surface area is 210 Å². The number of likely N-dealkylation sites (tertiary alicyclic amines) is 1.